The number of carbonyl (C=O) groups excluding carboxylic acids is 1. The molecule has 0 radical (unpaired) electrons. The molecule has 0 aliphatic rings. The number of esters is 1. The number of aromatic nitrogens is 1. The van der Waals surface area contributed by atoms with Gasteiger partial charge in [0, 0.05) is 22.6 Å². The molecule has 0 aliphatic carbocycles. The van der Waals surface area contributed by atoms with Crippen LogP contribution in [0.3, 0.4) is 0 Å². The minimum absolute atomic E-state index is 0.317. The quantitative estimate of drug-likeness (QED) is 0.328. The van der Waals surface area contributed by atoms with Crippen LogP contribution >= 0.6 is 11.6 Å². The van der Waals surface area contributed by atoms with E-state index in [2.05, 4.69) is 4.57 Å². The minimum Gasteiger partial charge on any atom is -0.494 e. The molecule has 2 aromatic carbocycles. The van der Waals surface area contributed by atoms with Gasteiger partial charge >= 0.3 is 5.97 Å². The van der Waals surface area contributed by atoms with Crippen LogP contribution in [0.2, 0.25) is 0 Å². The van der Waals surface area contributed by atoms with Crippen LogP contribution in [0, 0.1) is 6.92 Å². The van der Waals surface area contributed by atoms with E-state index in [4.69, 9.17) is 21.1 Å². The number of ether oxygens (including phenoxy) is 2. The number of hydrogen-bond acceptors (Lipinski definition) is 3. The fourth-order valence-corrected chi connectivity index (χ4v) is 3.21. The Bertz CT molecular complexity index is 903. The molecule has 26 heavy (non-hydrogen) atoms. The molecule has 0 unspecified atom stereocenters. The predicted molar refractivity (Wildman–Crippen MR) is 105 cm³/mol. The number of benzene rings is 2. The molecule has 0 aliphatic heterocycles. The van der Waals surface area contributed by atoms with Crippen molar-refractivity contribution in [2.24, 2.45) is 0 Å². The number of fused-ring (bicyclic) bond motifs is 1. The zero-order valence-electron chi connectivity index (χ0n) is 15.0. The van der Waals surface area contributed by atoms with Gasteiger partial charge in [-0.05, 0) is 50.6 Å². The summed E-state index contributed by atoms with van der Waals surface area (Å²) >= 11 is 5.71. The van der Waals surface area contributed by atoms with Gasteiger partial charge < -0.3 is 14.0 Å². The molecule has 0 bridgehead atoms. The van der Waals surface area contributed by atoms with Crippen molar-refractivity contribution in [1.29, 1.82) is 0 Å². The van der Waals surface area contributed by atoms with E-state index in [0.29, 0.717) is 24.7 Å². The Morgan fingerprint density at radius 1 is 1.15 bits per heavy atom. The largest absolute Gasteiger partial charge is 0.494 e. The number of alkyl halides is 1. The van der Waals surface area contributed by atoms with Crippen molar-refractivity contribution in [2.45, 2.75) is 20.3 Å². The fourth-order valence-electron chi connectivity index (χ4n) is 3.10. The predicted octanol–water partition coefficient (Wildman–Crippen LogP) is 5.12. The Hall–Kier alpha value is -2.46. The lowest BCUT2D eigenvalue weighted by atomic mass is 10.1. The molecule has 0 amide bonds. The zero-order valence-corrected chi connectivity index (χ0v) is 15.8. The Balaban J connectivity index is 2.16. The molecule has 0 spiro atoms. The molecule has 3 rings (SSSR count). The summed E-state index contributed by atoms with van der Waals surface area (Å²) in [5.41, 5.74) is 3.37. The molecule has 5 heteroatoms. The van der Waals surface area contributed by atoms with Gasteiger partial charge in [0.1, 0.15) is 5.75 Å². The summed E-state index contributed by atoms with van der Waals surface area (Å²) in [7, 11) is 0. The maximum absolute atomic E-state index is 12.6. The van der Waals surface area contributed by atoms with Crippen LogP contribution in [0.5, 0.6) is 5.75 Å². The average molecular weight is 372 g/mol. The van der Waals surface area contributed by atoms with Crippen molar-refractivity contribution in [3.8, 4) is 11.4 Å². The zero-order chi connectivity index (χ0) is 18.5. The SMILES string of the molecule is CCOC(=O)c1c(C)n(-c2ccccc2)c2ccc(OCCCCl)cc12. The minimum atomic E-state index is -0.317. The first-order valence-corrected chi connectivity index (χ1v) is 9.27. The highest BCUT2D eigenvalue weighted by atomic mass is 35.5. The van der Waals surface area contributed by atoms with Gasteiger partial charge in [-0.1, -0.05) is 18.2 Å². The van der Waals surface area contributed by atoms with E-state index >= 15 is 0 Å². The van der Waals surface area contributed by atoms with Crippen molar-refractivity contribution in [1.82, 2.24) is 4.57 Å². The second kappa shape index (κ2) is 8.28. The van der Waals surface area contributed by atoms with Crippen molar-refractivity contribution < 1.29 is 14.3 Å². The van der Waals surface area contributed by atoms with E-state index in [-0.39, 0.29) is 5.97 Å². The summed E-state index contributed by atoms with van der Waals surface area (Å²) in [6.45, 7) is 4.63. The van der Waals surface area contributed by atoms with E-state index in [1.54, 1.807) is 0 Å². The van der Waals surface area contributed by atoms with Crippen LogP contribution in [-0.4, -0.2) is 29.6 Å². The molecule has 136 valence electrons. The van der Waals surface area contributed by atoms with Crippen LogP contribution in [0.4, 0.5) is 0 Å². The first-order chi connectivity index (χ1) is 12.7. The van der Waals surface area contributed by atoms with E-state index in [1.165, 1.54) is 0 Å². The fraction of sp³-hybridized carbons (Fsp3) is 0.286. The molecule has 3 aromatic rings. The third kappa shape index (κ3) is 3.56. The molecular weight excluding hydrogens is 350 g/mol. The van der Waals surface area contributed by atoms with Gasteiger partial charge in [-0.25, -0.2) is 4.79 Å². The van der Waals surface area contributed by atoms with Gasteiger partial charge in [0.15, 0.2) is 0 Å². The summed E-state index contributed by atoms with van der Waals surface area (Å²) < 4.78 is 13.1. The molecule has 0 fully saturated rings. The second-order valence-corrected chi connectivity index (χ2v) is 6.30. The summed E-state index contributed by atoms with van der Waals surface area (Å²) in [5, 5.41) is 0.827. The standard InChI is InChI=1S/C21H22ClNO3/c1-3-25-21(24)20-15(2)23(16-8-5-4-6-9-16)19-11-10-17(14-18(19)20)26-13-7-12-22/h4-6,8-11,14H,3,7,12-13H2,1-2H3. The van der Waals surface area contributed by atoms with Crippen LogP contribution < -0.4 is 4.74 Å². The molecule has 1 aromatic heterocycles. The molecule has 0 saturated carbocycles. The summed E-state index contributed by atoms with van der Waals surface area (Å²) in [5.74, 6) is 0.959. The van der Waals surface area contributed by atoms with Crippen LogP contribution in [0.1, 0.15) is 29.4 Å². The Morgan fingerprint density at radius 2 is 1.92 bits per heavy atom. The Morgan fingerprint density at radius 3 is 2.62 bits per heavy atom. The average Bonchev–Trinajstić information content (AvgIpc) is 2.94. The highest BCUT2D eigenvalue weighted by molar-refractivity contribution is 6.17. The highest BCUT2D eigenvalue weighted by Crippen LogP contribution is 2.32. The monoisotopic (exact) mass is 371 g/mol. The maximum Gasteiger partial charge on any atom is 0.340 e. The van der Waals surface area contributed by atoms with Crippen LogP contribution in [0.15, 0.2) is 48.5 Å². The topological polar surface area (TPSA) is 40.5 Å². The molecule has 1 heterocycles. The highest BCUT2D eigenvalue weighted by Gasteiger charge is 2.22. The van der Waals surface area contributed by atoms with Gasteiger partial charge in [-0.3, -0.25) is 0 Å². The Kier molecular flexibility index (Phi) is 5.84. The van der Waals surface area contributed by atoms with Crippen molar-refractivity contribution in [2.75, 3.05) is 19.1 Å². The lowest BCUT2D eigenvalue weighted by Gasteiger charge is -2.09. The Labute approximate surface area is 158 Å². The first-order valence-electron chi connectivity index (χ1n) is 8.73. The van der Waals surface area contributed by atoms with Gasteiger partial charge in [0.25, 0.3) is 0 Å². The van der Waals surface area contributed by atoms with Gasteiger partial charge in [0.2, 0.25) is 0 Å². The molecule has 0 N–H and O–H groups in total. The summed E-state index contributed by atoms with van der Waals surface area (Å²) in [4.78, 5) is 12.6. The van der Waals surface area contributed by atoms with E-state index in [9.17, 15) is 4.79 Å². The third-order valence-corrected chi connectivity index (χ3v) is 4.48. The van der Waals surface area contributed by atoms with Gasteiger partial charge in [-0.2, -0.15) is 0 Å². The van der Waals surface area contributed by atoms with Gasteiger partial charge in [0.05, 0.1) is 24.3 Å². The van der Waals surface area contributed by atoms with Crippen LogP contribution in [0.25, 0.3) is 16.6 Å². The maximum atomic E-state index is 12.6. The normalized spacial score (nSPS) is 10.9. The number of carbonyl (C=O) groups is 1. The number of nitrogens with zero attached hydrogens (tertiary/aromatic N) is 1. The number of para-hydroxylation sites is 1. The smallest absolute Gasteiger partial charge is 0.340 e. The second-order valence-electron chi connectivity index (χ2n) is 5.92. The summed E-state index contributed by atoms with van der Waals surface area (Å²) in [6, 6.07) is 15.8. The summed E-state index contributed by atoms with van der Waals surface area (Å²) in [6.07, 6.45) is 0.772. The molecule has 0 saturated heterocycles. The van der Waals surface area contributed by atoms with Crippen molar-refractivity contribution >= 4 is 28.5 Å². The van der Waals surface area contributed by atoms with Crippen molar-refractivity contribution in [3.63, 3.8) is 0 Å². The van der Waals surface area contributed by atoms with Gasteiger partial charge in [-0.15, -0.1) is 11.6 Å². The molecule has 4 nitrogen and oxygen atoms in total. The number of halogens is 1. The van der Waals surface area contributed by atoms with E-state index in [0.717, 1.165) is 34.5 Å². The van der Waals surface area contributed by atoms with E-state index < -0.39 is 0 Å². The number of rotatable bonds is 7. The van der Waals surface area contributed by atoms with Crippen molar-refractivity contribution in [3.05, 3.63) is 59.8 Å². The first kappa shape index (κ1) is 18.3. The number of hydrogen-bond donors (Lipinski definition) is 0. The third-order valence-electron chi connectivity index (χ3n) is 4.22. The lowest BCUT2D eigenvalue weighted by molar-refractivity contribution is 0.0527. The molecule has 0 atom stereocenters. The lowest BCUT2D eigenvalue weighted by Crippen LogP contribution is -2.07. The van der Waals surface area contributed by atoms with Crippen LogP contribution in [-0.2, 0) is 4.74 Å². The molecular formula is C21H22ClNO3. The van der Waals surface area contributed by atoms with E-state index in [1.807, 2.05) is 62.4 Å².